The molecule has 10 heteroatoms. The Morgan fingerprint density at radius 3 is 1.29 bits per heavy atom. The number of hydrogen-bond acceptors (Lipinski definition) is 6. The lowest BCUT2D eigenvalue weighted by molar-refractivity contribution is 0.632. The van der Waals surface area contributed by atoms with Crippen molar-refractivity contribution in [2.75, 3.05) is 0 Å². The minimum Gasteiger partial charge on any atom is -0.244 e. The van der Waals surface area contributed by atoms with Crippen LogP contribution in [-0.4, -0.2) is 39.6 Å². The fourth-order valence-electron chi connectivity index (χ4n) is 2.75. The molecular weight excluding hydrogens is 432 g/mol. The number of nitrogens with zero attached hydrogens (tertiary/aromatic N) is 8. The first kappa shape index (κ1) is 25.9. The summed E-state index contributed by atoms with van der Waals surface area (Å²) in [6.07, 6.45) is 6.64. The molecule has 0 aliphatic heterocycles. The molecule has 34 heavy (non-hydrogen) atoms. The zero-order chi connectivity index (χ0) is 24.8. The highest BCUT2D eigenvalue weighted by Gasteiger charge is 2.05. The summed E-state index contributed by atoms with van der Waals surface area (Å²) in [6.45, 7) is 8.53. The van der Waals surface area contributed by atoms with Crippen LogP contribution in [0.1, 0.15) is 38.8 Å². The number of tetrazole rings is 2. The van der Waals surface area contributed by atoms with Gasteiger partial charge in [0.2, 0.25) is 0 Å². The van der Waals surface area contributed by atoms with Crippen LogP contribution in [-0.2, 0) is 13.1 Å². The zero-order valence-electron chi connectivity index (χ0n) is 19.9. The van der Waals surface area contributed by atoms with Crippen molar-refractivity contribution in [3.05, 3.63) is 105 Å². The molecule has 0 fully saturated rings. The van der Waals surface area contributed by atoms with E-state index in [2.05, 4.69) is 20.9 Å². The minimum atomic E-state index is -0.234. The van der Waals surface area contributed by atoms with Crippen molar-refractivity contribution >= 4 is 12.4 Å². The Balaban J connectivity index is 0.000000224. The third-order valence-corrected chi connectivity index (χ3v) is 4.25. The van der Waals surface area contributed by atoms with Crippen molar-refractivity contribution in [2.45, 2.75) is 40.8 Å². The lowest BCUT2D eigenvalue weighted by Crippen LogP contribution is -2.23. The van der Waals surface area contributed by atoms with E-state index in [0.29, 0.717) is 13.1 Å². The summed E-state index contributed by atoms with van der Waals surface area (Å²) in [7, 11) is 0. The van der Waals surface area contributed by atoms with E-state index in [-0.39, 0.29) is 11.4 Å². The van der Waals surface area contributed by atoms with Crippen LogP contribution < -0.4 is 11.4 Å². The second kappa shape index (κ2) is 13.9. The summed E-state index contributed by atoms with van der Waals surface area (Å²) in [5.41, 5.74) is 1.58. The lowest BCUT2D eigenvalue weighted by atomic mass is 10.2. The molecule has 4 rings (SSSR count). The van der Waals surface area contributed by atoms with E-state index < -0.39 is 0 Å². The molecule has 0 aliphatic carbocycles. The van der Waals surface area contributed by atoms with E-state index in [1.54, 1.807) is 24.6 Å². The van der Waals surface area contributed by atoms with Crippen LogP contribution in [0.4, 0.5) is 0 Å². The fourth-order valence-corrected chi connectivity index (χ4v) is 2.75. The van der Waals surface area contributed by atoms with Crippen LogP contribution in [0.5, 0.6) is 0 Å². The van der Waals surface area contributed by atoms with E-state index in [1.807, 2.05) is 88.4 Å². The maximum absolute atomic E-state index is 11.7. The average molecular weight is 463 g/mol. The summed E-state index contributed by atoms with van der Waals surface area (Å²) in [5, 5.41) is 15.1. The van der Waals surface area contributed by atoms with Crippen LogP contribution in [0.25, 0.3) is 12.4 Å². The molecule has 4 aromatic rings. The molecule has 0 saturated heterocycles. The average Bonchev–Trinajstić information content (AvgIpc) is 3.40. The standard InChI is InChI=1S/2C11H12N4O.C2H6/c2*1-2-8-14-11(16)15(13-12-14)9-10-6-4-3-5-7-10;1-2/h2*2-8H,9H2,1H3;1-2H3/b2*8-2+;. The molecule has 2 heterocycles. The molecule has 0 unspecified atom stereocenters. The molecule has 0 aliphatic rings. The van der Waals surface area contributed by atoms with E-state index >= 15 is 0 Å². The van der Waals surface area contributed by atoms with E-state index in [9.17, 15) is 9.59 Å². The molecular formula is C24H30N8O2. The third-order valence-electron chi connectivity index (χ3n) is 4.25. The topological polar surface area (TPSA) is 105 Å². The van der Waals surface area contributed by atoms with Gasteiger partial charge in [0.1, 0.15) is 0 Å². The van der Waals surface area contributed by atoms with Gasteiger partial charge in [0.25, 0.3) is 0 Å². The van der Waals surface area contributed by atoms with E-state index in [4.69, 9.17) is 0 Å². The molecule has 0 amide bonds. The molecule has 0 spiro atoms. The predicted molar refractivity (Wildman–Crippen MR) is 133 cm³/mol. The number of aromatic nitrogens is 8. The van der Waals surface area contributed by atoms with Crippen LogP contribution in [0.2, 0.25) is 0 Å². The first-order valence-corrected chi connectivity index (χ1v) is 11.0. The second-order valence-corrected chi connectivity index (χ2v) is 6.66. The van der Waals surface area contributed by atoms with Gasteiger partial charge in [-0.3, -0.25) is 0 Å². The Bertz CT molecular complexity index is 1180. The van der Waals surface area contributed by atoms with Crippen molar-refractivity contribution in [2.24, 2.45) is 0 Å². The van der Waals surface area contributed by atoms with Gasteiger partial charge >= 0.3 is 11.4 Å². The van der Waals surface area contributed by atoms with Crippen molar-refractivity contribution in [3.8, 4) is 0 Å². The molecule has 0 radical (unpaired) electrons. The Hall–Kier alpha value is -4.34. The highest BCUT2D eigenvalue weighted by Crippen LogP contribution is 1.99. The first-order chi connectivity index (χ1) is 16.6. The number of benzene rings is 2. The van der Waals surface area contributed by atoms with Crippen LogP contribution in [0.15, 0.2) is 82.4 Å². The zero-order valence-corrected chi connectivity index (χ0v) is 19.9. The van der Waals surface area contributed by atoms with Gasteiger partial charge in [-0.05, 0) is 45.8 Å². The molecule has 10 nitrogen and oxygen atoms in total. The van der Waals surface area contributed by atoms with Crippen LogP contribution >= 0.6 is 0 Å². The van der Waals surface area contributed by atoms with Gasteiger partial charge in [-0.1, -0.05) is 86.7 Å². The molecule has 0 bridgehead atoms. The second-order valence-electron chi connectivity index (χ2n) is 6.66. The van der Waals surface area contributed by atoms with Crippen molar-refractivity contribution in [1.29, 1.82) is 0 Å². The van der Waals surface area contributed by atoms with Crippen LogP contribution in [0, 0.1) is 0 Å². The van der Waals surface area contributed by atoms with Gasteiger partial charge < -0.3 is 0 Å². The van der Waals surface area contributed by atoms with Gasteiger partial charge in [0.05, 0.1) is 13.1 Å². The number of allylic oxidation sites excluding steroid dienone is 2. The summed E-state index contributed by atoms with van der Waals surface area (Å²) < 4.78 is 5.08. The summed E-state index contributed by atoms with van der Waals surface area (Å²) >= 11 is 0. The molecule has 0 atom stereocenters. The number of hydrogen-bond donors (Lipinski definition) is 0. The lowest BCUT2D eigenvalue weighted by Gasteiger charge is -1.97. The Morgan fingerprint density at radius 2 is 0.971 bits per heavy atom. The Labute approximate surface area is 198 Å². The van der Waals surface area contributed by atoms with E-state index in [0.717, 1.165) is 11.1 Å². The first-order valence-electron chi connectivity index (χ1n) is 11.0. The molecule has 0 N–H and O–H groups in total. The molecule has 0 saturated carbocycles. The molecule has 178 valence electrons. The minimum absolute atomic E-state index is 0.234. The monoisotopic (exact) mass is 462 g/mol. The summed E-state index contributed by atoms with van der Waals surface area (Å²) in [5.74, 6) is 0. The van der Waals surface area contributed by atoms with Crippen LogP contribution in [0.3, 0.4) is 0 Å². The number of rotatable bonds is 6. The third kappa shape index (κ3) is 7.37. The van der Waals surface area contributed by atoms with Crippen molar-refractivity contribution in [3.63, 3.8) is 0 Å². The van der Waals surface area contributed by atoms with E-state index in [1.165, 1.54) is 18.7 Å². The quantitative estimate of drug-likeness (QED) is 0.436. The van der Waals surface area contributed by atoms with Gasteiger partial charge in [0.15, 0.2) is 0 Å². The Kier molecular flexibility index (Phi) is 10.6. The summed E-state index contributed by atoms with van der Waals surface area (Å²) in [6, 6.07) is 19.4. The van der Waals surface area contributed by atoms with Crippen molar-refractivity contribution < 1.29 is 0 Å². The van der Waals surface area contributed by atoms with Gasteiger partial charge in [-0.2, -0.15) is 18.7 Å². The smallest absolute Gasteiger partial charge is 0.244 e. The normalized spacial score (nSPS) is 10.6. The molecule has 2 aromatic heterocycles. The van der Waals surface area contributed by atoms with Gasteiger partial charge in [-0.25, -0.2) is 9.59 Å². The molecule has 2 aromatic carbocycles. The Morgan fingerprint density at radius 1 is 0.618 bits per heavy atom. The summed E-state index contributed by atoms with van der Waals surface area (Å²) in [4.78, 5) is 23.4. The highest BCUT2D eigenvalue weighted by molar-refractivity contribution is 5.18. The SMILES string of the molecule is C/C=C/n1nnn(Cc2ccccc2)c1=O.C/C=C/n1nnn(Cc2ccccc2)c1=O.CC. The highest BCUT2D eigenvalue weighted by atomic mass is 16.2. The van der Waals surface area contributed by atoms with Gasteiger partial charge in [0, 0.05) is 12.4 Å². The van der Waals surface area contributed by atoms with Crippen molar-refractivity contribution in [1.82, 2.24) is 39.6 Å². The maximum atomic E-state index is 11.7. The van der Waals surface area contributed by atoms with Gasteiger partial charge in [-0.15, -0.1) is 0 Å². The largest absolute Gasteiger partial charge is 0.368 e. The fraction of sp³-hybridized carbons (Fsp3) is 0.250. The maximum Gasteiger partial charge on any atom is 0.368 e. The predicted octanol–water partition coefficient (Wildman–Crippen LogP) is 2.98.